The fourth-order valence-corrected chi connectivity index (χ4v) is 3.77. The lowest BCUT2D eigenvalue weighted by Crippen LogP contribution is -2.36. The van der Waals surface area contributed by atoms with E-state index in [0.717, 1.165) is 36.2 Å². The van der Waals surface area contributed by atoms with Crippen LogP contribution in [0.2, 0.25) is 0 Å². The summed E-state index contributed by atoms with van der Waals surface area (Å²) in [5, 5.41) is 3.02. The van der Waals surface area contributed by atoms with E-state index in [2.05, 4.69) is 28.9 Å². The molecule has 1 heterocycles. The smallest absolute Gasteiger partial charge is 0.338 e. The predicted octanol–water partition coefficient (Wildman–Crippen LogP) is 3.18. The van der Waals surface area contributed by atoms with Crippen molar-refractivity contribution in [2.24, 2.45) is 0 Å². The van der Waals surface area contributed by atoms with Crippen molar-refractivity contribution in [1.29, 1.82) is 0 Å². The third-order valence-corrected chi connectivity index (χ3v) is 5.27. The second-order valence-electron chi connectivity index (χ2n) is 7.24. The molecule has 0 aliphatic rings. The molecule has 0 radical (unpaired) electrons. The summed E-state index contributed by atoms with van der Waals surface area (Å²) in [4.78, 5) is 24.8. The van der Waals surface area contributed by atoms with Gasteiger partial charge in [-0.25, -0.2) is 13.9 Å². The standard InChI is InChI=1S/C24H29N3O3/c1-4-26-18(3)27(22-16-20(13-14-21(22)26)24(29)30-5-2)17-23(28)25-15-9-12-19-10-7-6-8-11-19/h6-8,10-11,13-14,16H,4-5,9,12,15,17H2,1-3H3/p+1. The molecule has 0 spiro atoms. The van der Waals surface area contributed by atoms with E-state index in [9.17, 15) is 9.59 Å². The van der Waals surface area contributed by atoms with Crippen LogP contribution in [0.15, 0.2) is 48.5 Å². The van der Waals surface area contributed by atoms with Gasteiger partial charge in [-0.2, -0.15) is 0 Å². The van der Waals surface area contributed by atoms with E-state index >= 15 is 0 Å². The minimum absolute atomic E-state index is 0.0344. The summed E-state index contributed by atoms with van der Waals surface area (Å²) in [5.41, 5.74) is 3.63. The molecule has 6 nitrogen and oxygen atoms in total. The number of rotatable bonds is 9. The first kappa shape index (κ1) is 21.6. The van der Waals surface area contributed by atoms with Crippen LogP contribution in [0.1, 0.15) is 42.0 Å². The zero-order valence-electron chi connectivity index (χ0n) is 18.0. The number of carbonyl (C=O) groups is 2. The topological polar surface area (TPSA) is 64.2 Å². The molecule has 1 amide bonds. The molecule has 3 rings (SSSR count). The summed E-state index contributed by atoms with van der Waals surface area (Å²) in [6.45, 7) is 7.82. The Morgan fingerprint density at radius 3 is 2.57 bits per heavy atom. The van der Waals surface area contributed by atoms with Crippen LogP contribution >= 0.6 is 0 Å². The Morgan fingerprint density at radius 1 is 1.10 bits per heavy atom. The van der Waals surface area contributed by atoms with Gasteiger partial charge >= 0.3 is 5.97 Å². The van der Waals surface area contributed by atoms with Crippen molar-refractivity contribution >= 4 is 22.9 Å². The lowest BCUT2D eigenvalue weighted by atomic mass is 10.1. The Bertz CT molecular complexity index is 1030. The maximum Gasteiger partial charge on any atom is 0.338 e. The van der Waals surface area contributed by atoms with E-state index in [1.807, 2.05) is 41.8 Å². The monoisotopic (exact) mass is 408 g/mol. The summed E-state index contributed by atoms with van der Waals surface area (Å²) in [6.07, 6.45) is 1.83. The number of amides is 1. The van der Waals surface area contributed by atoms with Crippen LogP contribution in [0.5, 0.6) is 0 Å². The van der Waals surface area contributed by atoms with E-state index in [4.69, 9.17) is 4.74 Å². The number of nitrogens with zero attached hydrogens (tertiary/aromatic N) is 2. The molecule has 1 aromatic heterocycles. The number of aryl methyl sites for hydroxylation is 2. The Balaban J connectivity index is 1.71. The average molecular weight is 409 g/mol. The molecule has 0 atom stereocenters. The maximum absolute atomic E-state index is 12.6. The highest BCUT2D eigenvalue weighted by Gasteiger charge is 2.24. The quantitative estimate of drug-likeness (QED) is 0.336. The van der Waals surface area contributed by atoms with E-state index in [0.29, 0.717) is 18.7 Å². The lowest BCUT2D eigenvalue weighted by Gasteiger charge is -2.06. The zero-order chi connectivity index (χ0) is 21.5. The second-order valence-corrected chi connectivity index (χ2v) is 7.24. The van der Waals surface area contributed by atoms with Crippen molar-refractivity contribution in [3.8, 4) is 0 Å². The Kier molecular flexibility index (Phi) is 7.22. The molecule has 2 aromatic carbocycles. The Hall–Kier alpha value is -3.15. The fourth-order valence-electron chi connectivity index (χ4n) is 3.77. The molecule has 3 aromatic rings. The number of hydrogen-bond acceptors (Lipinski definition) is 3. The van der Waals surface area contributed by atoms with Gasteiger partial charge in [0.15, 0.2) is 17.6 Å². The van der Waals surface area contributed by atoms with Crippen molar-refractivity contribution in [1.82, 2.24) is 9.88 Å². The molecule has 0 bridgehead atoms. The summed E-state index contributed by atoms with van der Waals surface area (Å²) in [5.74, 6) is 0.596. The number of carbonyl (C=O) groups excluding carboxylic acids is 2. The van der Waals surface area contributed by atoms with Gasteiger partial charge in [0.25, 0.3) is 11.7 Å². The Morgan fingerprint density at radius 2 is 1.87 bits per heavy atom. The predicted molar refractivity (Wildman–Crippen MR) is 116 cm³/mol. The molecular formula is C24H30N3O3+. The fraction of sp³-hybridized carbons (Fsp3) is 0.375. The van der Waals surface area contributed by atoms with E-state index < -0.39 is 0 Å². The zero-order valence-corrected chi connectivity index (χ0v) is 18.0. The number of fused-ring (bicyclic) bond motifs is 1. The second kappa shape index (κ2) is 10.1. The molecule has 30 heavy (non-hydrogen) atoms. The molecule has 0 aliphatic heterocycles. The molecule has 0 saturated carbocycles. The van der Waals surface area contributed by atoms with Crippen molar-refractivity contribution in [2.75, 3.05) is 13.2 Å². The van der Waals surface area contributed by atoms with Crippen molar-refractivity contribution < 1.29 is 18.9 Å². The molecule has 6 heteroatoms. The number of hydrogen-bond donors (Lipinski definition) is 1. The highest BCUT2D eigenvalue weighted by Crippen LogP contribution is 2.17. The van der Waals surface area contributed by atoms with Crippen molar-refractivity contribution in [3.05, 3.63) is 65.5 Å². The highest BCUT2D eigenvalue weighted by atomic mass is 16.5. The first-order valence-electron chi connectivity index (χ1n) is 10.6. The van der Waals surface area contributed by atoms with Gasteiger partial charge < -0.3 is 10.1 Å². The van der Waals surface area contributed by atoms with E-state index in [1.54, 1.807) is 13.0 Å². The van der Waals surface area contributed by atoms with Gasteiger partial charge in [0.1, 0.15) is 0 Å². The van der Waals surface area contributed by atoms with Gasteiger partial charge in [-0.05, 0) is 44.4 Å². The number of aromatic nitrogens is 2. The summed E-state index contributed by atoms with van der Waals surface area (Å²) in [7, 11) is 0. The summed E-state index contributed by atoms with van der Waals surface area (Å²) in [6, 6.07) is 15.8. The van der Waals surface area contributed by atoms with Crippen LogP contribution in [0.4, 0.5) is 0 Å². The minimum atomic E-state index is -0.349. The first-order chi connectivity index (χ1) is 14.5. The van der Waals surface area contributed by atoms with Gasteiger partial charge in [0.05, 0.1) is 18.7 Å². The number of benzene rings is 2. The third kappa shape index (κ3) is 4.87. The first-order valence-corrected chi connectivity index (χ1v) is 10.6. The molecule has 158 valence electrons. The molecule has 1 N–H and O–H groups in total. The van der Waals surface area contributed by atoms with Crippen molar-refractivity contribution in [2.45, 2.75) is 46.7 Å². The van der Waals surface area contributed by atoms with E-state index in [-0.39, 0.29) is 18.4 Å². The normalized spacial score (nSPS) is 10.9. The van der Waals surface area contributed by atoms with Crippen LogP contribution in [-0.4, -0.2) is 29.6 Å². The number of esters is 1. The van der Waals surface area contributed by atoms with Crippen LogP contribution in [0.3, 0.4) is 0 Å². The largest absolute Gasteiger partial charge is 0.462 e. The maximum atomic E-state index is 12.6. The molecule has 0 aliphatic carbocycles. The average Bonchev–Trinajstić information content (AvgIpc) is 3.02. The molecular weight excluding hydrogens is 378 g/mol. The van der Waals surface area contributed by atoms with Crippen LogP contribution < -0.4 is 9.88 Å². The van der Waals surface area contributed by atoms with Gasteiger partial charge in [-0.1, -0.05) is 30.3 Å². The van der Waals surface area contributed by atoms with Crippen LogP contribution in [-0.2, 0) is 29.0 Å². The minimum Gasteiger partial charge on any atom is -0.462 e. The van der Waals surface area contributed by atoms with Gasteiger partial charge in [0.2, 0.25) is 0 Å². The molecule has 0 unspecified atom stereocenters. The van der Waals surface area contributed by atoms with Gasteiger partial charge in [0, 0.05) is 19.5 Å². The summed E-state index contributed by atoms with van der Waals surface area (Å²) >= 11 is 0. The number of imidazole rings is 1. The highest BCUT2D eigenvalue weighted by molar-refractivity contribution is 5.93. The molecule has 0 fully saturated rings. The Labute approximate surface area is 177 Å². The number of ether oxygens (including phenoxy) is 1. The van der Waals surface area contributed by atoms with Crippen LogP contribution in [0.25, 0.3) is 11.0 Å². The van der Waals surface area contributed by atoms with Crippen LogP contribution in [0, 0.1) is 6.92 Å². The van der Waals surface area contributed by atoms with Crippen molar-refractivity contribution in [3.63, 3.8) is 0 Å². The van der Waals surface area contributed by atoms with Gasteiger partial charge in [-0.15, -0.1) is 0 Å². The lowest BCUT2D eigenvalue weighted by molar-refractivity contribution is -0.674. The molecule has 0 saturated heterocycles. The number of nitrogens with one attached hydrogen (secondary N) is 1. The SMILES string of the molecule is CCOC(=O)c1ccc2c(c1)n(CC(=O)NCCCc1ccccc1)c(C)[n+]2CC. The van der Waals surface area contributed by atoms with E-state index in [1.165, 1.54) is 5.56 Å². The third-order valence-electron chi connectivity index (χ3n) is 5.27. The summed E-state index contributed by atoms with van der Waals surface area (Å²) < 4.78 is 9.24. The van der Waals surface area contributed by atoms with Gasteiger partial charge in [-0.3, -0.25) is 4.79 Å².